The van der Waals surface area contributed by atoms with Crippen molar-refractivity contribution in [2.45, 2.75) is 4.90 Å². The molecule has 0 amide bonds. The van der Waals surface area contributed by atoms with E-state index in [0.717, 1.165) is 0 Å². The second kappa shape index (κ2) is 7.09. The van der Waals surface area contributed by atoms with Gasteiger partial charge >= 0.3 is 0 Å². The Kier molecular flexibility index (Phi) is 6.94. The molecule has 1 aromatic rings. The van der Waals surface area contributed by atoms with Crippen LogP contribution in [0, 0.1) is 0 Å². The van der Waals surface area contributed by atoms with Gasteiger partial charge in [-0.1, -0.05) is 17.7 Å². The first-order valence-corrected chi connectivity index (χ1v) is 6.32. The second-order valence-corrected chi connectivity index (χ2v) is 5.16. The molecular weight excluding hydrogens is 271 g/mol. The van der Waals surface area contributed by atoms with Gasteiger partial charge in [-0.3, -0.25) is 0 Å². The SMILES string of the molecule is CNCCNS(=O)(=O)c1cccc(Cl)c1.Cl. The number of likely N-dealkylation sites (N-methyl/N-ethyl adjacent to an activating group) is 1. The zero-order valence-electron chi connectivity index (χ0n) is 8.73. The van der Waals surface area contributed by atoms with Crippen molar-refractivity contribution in [3.63, 3.8) is 0 Å². The van der Waals surface area contributed by atoms with E-state index in [1.807, 2.05) is 0 Å². The van der Waals surface area contributed by atoms with E-state index in [4.69, 9.17) is 11.6 Å². The van der Waals surface area contributed by atoms with Crippen molar-refractivity contribution >= 4 is 34.0 Å². The Morgan fingerprint density at radius 2 is 2.00 bits per heavy atom. The van der Waals surface area contributed by atoms with Crippen molar-refractivity contribution in [2.24, 2.45) is 0 Å². The first kappa shape index (κ1) is 15.7. The highest BCUT2D eigenvalue weighted by Gasteiger charge is 2.12. The molecule has 0 heterocycles. The molecule has 1 rings (SSSR count). The Bertz CT molecular complexity index is 423. The molecule has 4 nitrogen and oxygen atoms in total. The first-order valence-electron chi connectivity index (χ1n) is 4.46. The van der Waals surface area contributed by atoms with Crippen LogP contribution in [0.5, 0.6) is 0 Å². The maximum absolute atomic E-state index is 11.7. The molecule has 0 saturated heterocycles. The Hall–Kier alpha value is -0.330. The van der Waals surface area contributed by atoms with Gasteiger partial charge in [-0.2, -0.15) is 0 Å². The molecule has 0 saturated carbocycles. The number of benzene rings is 1. The molecule has 0 fully saturated rings. The Morgan fingerprint density at radius 1 is 1.31 bits per heavy atom. The van der Waals surface area contributed by atoms with E-state index >= 15 is 0 Å². The molecule has 0 aliphatic heterocycles. The molecule has 0 aliphatic carbocycles. The molecule has 7 heteroatoms. The van der Waals surface area contributed by atoms with E-state index in [-0.39, 0.29) is 17.3 Å². The molecule has 1 aromatic carbocycles. The predicted octanol–water partition coefficient (Wildman–Crippen LogP) is 1.26. The largest absolute Gasteiger partial charge is 0.318 e. The van der Waals surface area contributed by atoms with E-state index < -0.39 is 10.0 Å². The number of hydrogen-bond donors (Lipinski definition) is 2. The van der Waals surface area contributed by atoms with Gasteiger partial charge in [0.2, 0.25) is 10.0 Å². The smallest absolute Gasteiger partial charge is 0.240 e. The Labute approximate surface area is 107 Å². The van der Waals surface area contributed by atoms with Crippen molar-refractivity contribution in [1.82, 2.24) is 10.0 Å². The van der Waals surface area contributed by atoms with Crippen LogP contribution in [0.2, 0.25) is 5.02 Å². The molecule has 0 atom stereocenters. The molecule has 0 aromatic heterocycles. The average Bonchev–Trinajstić information content (AvgIpc) is 2.18. The zero-order chi connectivity index (χ0) is 11.3. The van der Waals surface area contributed by atoms with E-state index in [1.54, 1.807) is 19.2 Å². The number of hydrogen-bond acceptors (Lipinski definition) is 3. The maximum Gasteiger partial charge on any atom is 0.240 e. The molecule has 0 bridgehead atoms. The van der Waals surface area contributed by atoms with Crippen molar-refractivity contribution < 1.29 is 8.42 Å². The summed E-state index contributed by atoms with van der Waals surface area (Å²) in [5.74, 6) is 0. The third kappa shape index (κ3) is 4.67. The number of sulfonamides is 1. The van der Waals surface area contributed by atoms with E-state index in [0.29, 0.717) is 18.1 Å². The van der Waals surface area contributed by atoms with Crippen LogP contribution < -0.4 is 10.0 Å². The summed E-state index contributed by atoms with van der Waals surface area (Å²) in [6.07, 6.45) is 0. The highest BCUT2D eigenvalue weighted by atomic mass is 35.5. The van der Waals surface area contributed by atoms with Gasteiger partial charge in [-0.05, 0) is 25.2 Å². The summed E-state index contributed by atoms with van der Waals surface area (Å²) in [7, 11) is -1.67. The van der Waals surface area contributed by atoms with Crippen molar-refractivity contribution in [3.05, 3.63) is 29.3 Å². The van der Waals surface area contributed by atoms with E-state index in [9.17, 15) is 8.42 Å². The lowest BCUT2D eigenvalue weighted by Crippen LogP contribution is -2.30. The van der Waals surface area contributed by atoms with Gasteiger partial charge in [-0.25, -0.2) is 13.1 Å². The number of halogens is 2. The molecular formula is C9H14Cl2N2O2S. The van der Waals surface area contributed by atoms with E-state index in [1.165, 1.54) is 12.1 Å². The minimum atomic E-state index is -3.43. The molecule has 0 spiro atoms. The lowest BCUT2D eigenvalue weighted by atomic mass is 10.4. The summed E-state index contributed by atoms with van der Waals surface area (Å²) >= 11 is 5.71. The van der Waals surface area contributed by atoms with Crippen LogP contribution in [0.4, 0.5) is 0 Å². The molecule has 92 valence electrons. The fraction of sp³-hybridized carbons (Fsp3) is 0.333. The summed E-state index contributed by atoms with van der Waals surface area (Å²) in [4.78, 5) is 0.186. The van der Waals surface area contributed by atoms with Gasteiger partial charge in [0.15, 0.2) is 0 Å². The standard InChI is InChI=1S/C9H13ClN2O2S.ClH/c1-11-5-6-12-15(13,14)9-4-2-3-8(10)7-9;/h2-4,7,11-12H,5-6H2,1H3;1H. The second-order valence-electron chi connectivity index (χ2n) is 2.96. The topological polar surface area (TPSA) is 58.2 Å². The molecule has 0 radical (unpaired) electrons. The van der Waals surface area contributed by atoms with Crippen LogP contribution in [-0.4, -0.2) is 28.6 Å². The van der Waals surface area contributed by atoms with Crippen LogP contribution in [-0.2, 0) is 10.0 Å². The van der Waals surface area contributed by atoms with Gasteiger partial charge in [0.25, 0.3) is 0 Å². The summed E-state index contributed by atoms with van der Waals surface area (Å²) in [6.45, 7) is 0.936. The average molecular weight is 285 g/mol. The van der Waals surface area contributed by atoms with Gasteiger partial charge in [-0.15, -0.1) is 12.4 Å². The van der Waals surface area contributed by atoms with Crippen LogP contribution >= 0.6 is 24.0 Å². The third-order valence-corrected chi connectivity index (χ3v) is 3.47. The lowest BCUT2D eigenvalue weighted by molar-refractivity contribution is 0.579. The van der Waals surface area contributed by atoms with Gasteiger partial charge in [0.1, 0.15) is 0 Å². The predicted molar refractivity (Wildman–Crippen MR) is 67.8 cm³/mol. The number of nitrogens with one attached hydrogen (secondary N) is 2. The highest BCUT2D eigenvalue weighted by molar-refractivity contribution is 7.89. The zero-order valence-corrected chi connectivity index (χ0v) is 11.1. The van der Waals surface area contributed by atoms with Crippen LogP contribution in [0.1, 0.15) is 0 Å². The normalized spacial score (nSPS) is 10.9. The third-order valence-electron chi connectivity index (χ3n) is 1.77. The molecule has 16 heavy (non-hydrogen) atoms. The van der Waals surface area contributed by atoms with Crippen LogP contribution in [0.3, 0.4) is 0 Å². The Balaban J connectivity index is 0.00000225. The highest BCUT2D eigenvalue weighted by Crippen LogP contribution is 2.14. The molecule has 0 unspecified atom stereocenters. The molecule has 0 aliphatic rings. The van der Waals surface area contributed by atoms with E-state index in [2.05, 4.69) is 10.0 Å². The minimum absolute atomic E-state index is 0. The summed E-state index contributed by atoms with van der Waals surface area (Å²) < 4.78 is 25.8. The number of rotatable bonds is 5. The Morgan fingerprint density at radius 3 is 2.56 bits per heavy atom. The lowest BCUT2D eigenvalue weighted by Gasteiger charge is -2.06. The van der Waals surface area contributed by atoms with Gasteiger partial charge < -0.3 is 5.32 Å². The van der Waals surface area contributed by atoms with Crippen molar-refractivity contribution in [1.29, 1.82) is 0 Å². The monoisotopic (exact) mass is 284 g/mol. The van der Waals surface area contributed by atoms with Crippen molar-refractivity contribution in [3.8, 4) is 0 Å². The summed E-state index contributed by atoms with van der Waals surface area (Å²) in [5.41, 5.74) is 0. The minimum Gasteiger partial charge on any atom is -0.318 e. The summed E-state index contributed by atoms with van der Waals surface area (Å²) in [5, 5.41) is 3.26. The first-order chi connectivity index (χ1) is 7.06. The fourth-order valence-corrected chi connectivity index (χ4v) is 2.36. The van der Waals surface area contributed by atoms with Gasteiger partial charge in [0, 0.05) is 18.1 Å². The fourth-order valence-electron chi connectivity index (χ4n) is 1.03. The summed E-state index contributed by atoms with van der Waals surface area (Å²) in [6, 6.07) is 6.17. The van der Waals surface area contributed by atoms with Crippen molar-refractivity contribution in [2.75, 3.05) is 20.1 Å². The molecule has 2 N–H and O–H groups in total. The maximum atomic E-state index is 11.7. The van der Waals surface area contributed by atoms with Gasteiger partial charge in [0.05, 0.1) is 4.90 Å². The van der Waals surface area contributed by atoms with Crippen LogP contribution in [0.15, 0.2) is 29.2 Å². The quantitative estimate of drug-likeness (QED) is 0.801. The van der Waals surface area contributed by atoms with Crippen LogP contribution in [0.25, 0.3) is 0 Å².